The van der Waals surface area contributed by atoms with Crippen LogP contribution in [0.2, 0.25) is 0 Å². The van der Waals surface area contributed by atoms with Gasteiger partial charge in [-0.25, -0.2) is 9.97 Å². The van der Waals surface area contributed by atoms with E-state index >= 15 is 0 Å². The molecule has 1 saturated heterocycles. The van der Waals surface area contributed by atoms with Crippen molar-refractivity contribution in [3.63, 3.8) is 0 Å². The van der Waals surface area contributed by atoms with Gasteiger partial charge in [0.1, 0.15) is 0 Å². The van der Waals surface area contributed by atoms with E-state index in [4.69, 9.17) is 5.11 Å². The van der Waals surface area contributed by atoms with Crippen molar-refractivity contribution in [1.29, 1.82) is 0 Å². The second-order valence-corrected chi connectivity index (χ2v) is 5.50. The summed E-state index contributed by atoms with van der Waals surface area (Å²) in [7, 11) is 0. The fourth-order valence-corrected chi connectivity index (χ4v) is 2.38. The SMILES string of the molecule is CC(C)c1cnc(N2CCC(CC(=O)O)CC2)nc1. The normalized spacial score (nSPS) is 16.9. The zero-order valence-electron chi connectivity index (χ0n) is 11.5. The Bertz CT molecular complexity index is 423. The lowest BCUT2D eigenvalue weighted by Crippen LogP contribution is -2.35. The highest BCUT2D eigenvalue weighted by Crippen LogP contribution is 2.23. The van der Waals surface area contributed by atoms with Gasteiger partial charge in [0.25, 0.3) is 0 Å². The summed E-state index contributed by atoms with van der Waals surface area (Å²) in [6.07, 6.45) is 5.86. The molecule has 1 N–H and O–H groups in total. The van der Waals surface area contributed by atoms with Gasteiger partial charge in [-0.3, -0.25) is 4.79 Å². The second-order valence-electron chi connectivity index (χ2n) is 5.50. The molecule has 1 aromatic rings. The molecule has 2 heterocycles. The fourth-order valence-electron chi connectivity index (χ4n) is 2.38. The maximum atomic E-state index is 10.7. The Balaban J connectivity index is 1.92. The molecule has 1 fully saturated rings. The van der Waals surface area contributed by atoms with Gasteiger partial charge < -0.3 is 10.0 Å². The van der Waals surface area contributed by atoms with Crippen LogP contribution < -0.4 is 4.90 Å². The third kappa shape index (κ3) is 3.66. The summed E-state index contributed by atoms with van der Waals surface area (Å²) >= 11 is 0. The highest BCUT2D eigenvalue weighted by atomic mass is 16.4. The molecule has 0 unspecified atom stereocenters. The quantitative estimate of drug-likeness (QED) is 0.902. The fraction of sp³-hybridized carbons (Fsp3) is 0.643. The van der Waals surface area contributed by atoms with Gasteiger partial charge in [-0.1, -0.05) is 13.8 Å². The lowest BCUT2D eigenvalue weighted by Gasteiger charge is -2.31. The molecule has 1 aromatic heterocycles. The molecule has 0 saturated carbocycles. The van der Waals surface area contributed by atoms with E-state index in [1.165, 1.54) is 0 Å². The molecule has 0 atom stereocenters. The van der Waals surface area contributed by atoms with Gasteiger partial charge in [-0.05, 0) is 30.2 Å². The van der Waals surface area contributed by atoms with Crippen LogP contribution in [0.5, 0.6) is 0 Å². The number of carboxylic acids is 1. The first-order valence-corrected chi connectivity index (χ1v) is 6.85. The Labute approximate surface area is 113 Å². The lowest BCUT2D eigenvalue weighted by molar-refractivity contribution is -0.138. The van der Waals surface area contributed by atoms with Gasteiger partial charge in [-0.15, -0.1) is 0 Å². The molecule has 5 nitrogen and oxygen atoms in total. The van der Waals surface area contributed by atoms with Crippen molar-refractivity contribution in [2.45, 2.75) is 39.0 Å². The molecule has 0 amide bonds. The third-order valence-electron chi connectivity index (χ3n) is 3.69. The summed E-state index contributed by atoms with van der Waals surface area (Å²) in [5.74, 6) is 0.799. The van der Waals surface area contributed by atoms with Crippen LogP contribution in [0.4, 0.5) is 5.95 Å². The Kier molecular flexibility index (Phi) is 4.35. The van der Waals surface area contributed by atoms with Crippen molar-refractivity contribution in [2.75, 3.05) is 18.0 Å². The van der Waals surface area contributed by atoms with Gasteiger partial charge in [-0.2, -0.15) is 0 Å². The van der Waals surface area contributed by atoms with Crippen molar-refractivity contribution >= 4 is 11.9 Å². The van der Waals surface area contributed by atoms with Crippen molar-refractivity contribution < 1.29 is 9.90 Å². The topological polar surface area (TPSA) is 66.3 Å². The molecule has 0 radical (unpaired) electrons. The third-order valence-corrected chi connectivity index (χ3v) is 3.69. The van der Waals surface area contributed by atoms with Gasteiger partial charge in [0.15, 0.2) is 0 Å². The monoisotopic (exact) mass is 263 g/mol. The number of rotatable bonds is 4. The Hall–Kier alpha value is -1.65. The minimum Gasteiger partial charge on any atom is -0.481 e. The van der Waals surface area contributed by atoms with Crippen LogP contribution in [0, 0.1) is 5.92 Å². The number of anilines is 1. The molecule has 5 heteroatoms. The smallest absolute Gasteiger partial charge is 0.303 e. The van der Waals surface area contributed by atoms with Gasteiger partial charge in [0, 0.05) is 31.9 Å². The Morgan fingerprint density at radius 1 is 1.37 bits per heavy atom. The van der Waals surface area contributed by atoms with Crippen LogP contribution in [-0.4, -0.2) is 34.1 Å². The van der Waals surface area contributed by atoms with E-state index in [1.54, 1.807) is 0 Å². The molecule has 0 aromatic carbocycles. The van der Waals surface area contributed by atoms with E-state index in [2.05, 4.69) is 28.7 Å². The number of hydrogen-bond acceptors (Lipinski definition) is 4. The second kappa shape index (κ2) is 5.99. The molecule has 19 heavy (non-hydrogen) atoms. The van der Waals surface area contributed by atoms with Crippen LogP contribution in [0.25, 0.3) is 0 Å². The average Bonchev–Trinajstić information content (AvgIpc) is 2.39. The van der Waals surface area contributed by atoms with E-state index in [9.17, 15) is 4.79 Å². The first-order chi connectivity index (χ1) is 9.06. The van der Waals surface area contributed by atoms with Crippen molar-refractivity contribution in [3.05, 3.63) is 18.0 Å². The highest BCUT2D eigenvalue weighted by Gasteiger charge is 2.22. The first-order valence-electron chi connectivity index (χ1n) is 6.85. The lowest BCUT2D eigenvalue weighted by atomic mass is 9.94. The predicted octanol–water partition coefficient (Wildman–Crippen LogP) is 2.29. The largest absolute Gasteiger partial charge is 0.481 e. The van der Waals surface area contributed by atoms with Gasteiger partial charge >= 0.3 is 5.97 Å². The number of aliphatic carboxylic acids is 1. The summed E-state index contributed by atoms with van der Waals surface area (Å²) in [6, 6.07) is 0. The van der Waals surface area contributed by atoms with Crippen LogP contribution >= 0.6 is 0 Å². The van der Waals surface area contributed by atoms with Crippen LogP contribution in [0.3, 0.4) is 0 Å². The van der Waals surface area contributed by atoms with E-state index in [1.807, 2.05) is 12.4 Å². The molecule has 1 aliphatic heterocycles. The number of carboxylic acid groups (broad SMARTS) is 1. The summed E-state index contributed by atoms with van der Waals surface area (Å²) in [6.45, 7) is 5.93. The van der Waals surface area contributed by atoms with Gasteiger partial charge in [0.05, 0.1) is 0 Å². The summed E-state index contributed by atoms with van der Waals surface area (Å²) in [5.41, 5.74) is 1.14. The summed E-state index contributed by atoms with van der Waals surface area (Å²) in [5, 5.41) is 8.79. The van der Waals surface area contributed by atoms with Crippen LogP contribution in [0.15, 0.2) is 12.4 Å². The van der Waals surface area contributed by atoms with Crippen molar-refractivity contribution in [3.8, 4) is 0 Å². The molecular formula is C14H21N3O2. The van der Waals surface area contributed by atoms with Gasteiger partial charge in [0.2, 0.25) is 5.95 Å². The Morgan fingerprint density at radius 3 is 2.42 bits per heavy atom. The summed E-state index contributed by atoms with van der Waals surface area (Å²) < 4.78 is 0. The number of carbonyl (C=O) groups is 1. The molecule has 0 aliphatic carbocycles. The van der Waals surface area contributed by atoms with Crippen LogP contribution in [0.1, 0.15) is 44.6 Å². The maximum absolute atomic E-state index is 10.7. The maximum Gasteiger partial charge on any atom is 0.303 e. The molecule has 1 aliphatic rings. The van der Waals surface area contributed by atoms with Crippen LogP contribution in [-0.2, 0) is 4.79 Å². The summed E-state index contributed by atoms with van der Waals surface area (Å²) in [4.78, 5) is 21.6. The molecule has 2 rings (SSSR count). The number of hydrogen-bond donors (Lipinski definition) is 1. The average molecular weight is 263 g/mol. The standard InChI is InChI=1S/C14H21N3O2/c1-10(2)12-8-15-14(16-9-12)17-5-3-11(4-6-17)7-13(18)19/h8-11H,3-7H2,1-2H3,(H,18,19). The zero-order valence-corrected chi connectivity index (χ0v) is 11.5. The number of aromatic nitrogens is 2. The van der Waals surface area contributed by atoms with Crippen molar-refractivity contribution in [2.24, 2.45) is 5.92 Å². The van der Waals surface area contributed by atoms with Crippen molar-refractivity contribution in [1.82, 2.24) is 9.97 Å². The van der Waals surface area contributed by atoms with E-state index in [0.29, 0.717) is 11.8 Å². The Morgan fingerprint density at radius 2 is 1.95 bits per heavy atom. The zero-order chi connectivity index (χ0) is 13.8. The highest BCUT2D eigenvalue weighted by molar-refractivity contribution is 5.67. The van der Waals surface area contributed by atoms with E-state index in [-0.39, 0.29) is 6.42 Å². The first kappa shape index (κ1) is 13.8. The molecule has 104 valence electrons. The van der Waals surface area contributed by atoms with E-state index in [0.717, 1.165) is 37.4 Å². The predicted molar refractivity (Wildman–Crippen MR) is 73.3 cm³/mol. The molecular weight excluding hydrogens is 242 g/mol. The molecule has 0 spiro atoms. The molecule has 0 bridgehead atoms. The number of nitrogens with zero attached hydrogens (tertiary/aromatic N) is 3. The number of piperidine rings is 1. The minimum atomic E-state index is -0.698. The minimum absolute atomic E-state index is 0.279. The van der Waals surface area contributed by atoms with E-state index < -0.39 is 5.97 Å².